The van der Waals surface area contributed by atoms with Gasteiger partial charge in [0, 0.05) is 18.7 Å². The van der Waals surface area contributed by atoms with Crippen molar-refractivity contribution in [1.29, 1.82) is 0 Å². The molecule has 0 saturated carbocycles. The van der Waals surface area contributed by atoms with Crippen LogP contribution in [-0.4, -0.2) is 35.2 Å². The molecule has 172 valence electrons. The predicted octanol–water partition coefficient (Wildman–Crippen LogP) is 4.68. The van der Waals surface area contributed by atoms with Crippen LogP contribution in [-0.2, 0) is 41.4 Å². The zero-order chi connectivity index (χ0) is 23.4. The minimum absolute atomic E-state index is 0.0379. The van der Waals surface area contributed by atoms with E-state index in [2.05, 4.69) is 0 Å². The number of Topliss-reactive ketones (excluding diaryl/α,β-unsaturated/α-hetero) is 1. The zero-order valence-corrected chi connectivity index (χ0v) is 19.0. The molecule has 0 saturated heterocycles. The Balaban J connectivity index is 2.12. The highest BCUT2D eigenvalue weighted by molar-refractivity contribution is 7.59. The lowest BCUT2D eigenvalue weighted by molar-refractivity contribution is -0.149. The van der Waals surface area contributed by atoms with E-state index >= 15 is 0 Å². The first kappa shape index (κ1) is 25.5. The number of benzene rings is 2. The Morgan fingerprint density at radius 3 is 2.00 bits per heavy atom. The summed E-state index contributed by atoms with van der Waals surface area (Å²) in [6.07, 6.45) is -0.423. The van der Waals surface area contributed by atoms with Crippen molar-refractivity contribution >= 4 is 25.1 Å². The highest BCUT2D eigenvalue weighted by atomic mass is 31.2. The topological polar surface area (TPSA) is 107 Å². The number of carbonyl (C=O) groups excluding carboxylic acids is 2. The molecular weight excluding hydrogens is 431 g/mol. The second-order valence-corrected chi connectivity index (χ2v) is 10.4. The van der Waals surface area contributed by atoms with Gasteiger partial charge in [0.25, 0.3) is 0 Å². The summed E-state index contributed by atoms with van der Waals surface area (Å²) >= 11 is 0. The third-order valence-electron chi connectivity index (χ3n) is 4.88. The molecule has 32 heavy (non-hydrogen) atoms. The van der Waals surface area contributed by atoms with Gasteiger partial charge in [-0.3, -0.25) is 14.2 Å². The lowest BCUT2D eigenvalue weighted by Crippen LogP contribution is -2.24. The monoisotopic (exact) mass is 460 g/mol. The zero-order valence-electron chi connectivity index (χ0n) is 18.1. The molecule has 7 nitrogen and oxygen atoms in total. The van der Waals surface area contributed by atoms with E-state index in [-0.39, 0.29) is 50.6 Å². The molecule has 2 unspecified atom stereocenters. The summed E-state index contributed by atoms with van der Waals surface area (Å²) in [5.74, 6) is -2.61. The van der Waals surface area contributed by atoms with E-state index < -0.39 is 25.2 Å². The fourth-order valence-electron chi connectivity index (χ4n) is 3.08. The van der Waals surface area contributed by atoms with Gasteiger partial charge in [0.1, 0.15) is 12.4 Å². The molecule has 0 fully saturated rings. The van der Waals surface area contributed by atoms with Gasteiger partial charge < -0.3 is 19.2 Å². The van der Waals surface area contributed by atoms with Crippen molar-refractivity contribution in [2.75, 3.05) is 12.3 Å². The number of esters is 1. The molecule has 8 heteroatoms. The summed E-state index contributed by atoms with van der Waals surface area (Å²) in [4.78, 5) is 35.4. The average molecular weight is 460 g/mol. The SMILES string of the molecule is CC(=O)CCC(CP(=O)(CCC(=O)O)OCc1ccccc1)C(=O)OCc1ccccc1. The van der Waals surface area contributed by atoms with Gasteiger partial charge in [0.05, 0.1) is 18.9 Å². The Morgan fingerprint density at radius 1 is 0.906 bits per heavy atom. The molecule has 0 radical (unpaired) electrons. The van der Waals surface area contributed by atoms with E-state index in [4.69, 9.17) is 14.4 Å². The standard InChI is InChI=1S/C24H29O7P/c1-19(25)12-13-22(24(28)30-16-20-8-4-2-5-9-20)18-32(29,15-14-23(26)27)31-17-21-10-6-3-7-11-21/h2-11,22H,12-18H2,1H3,(H,26,27). The van der Waals surface area contributed by atoms with Gasteiger partial charge in [-0.25, -0.2) is 0 Å². The van der Waals surface area contributed by atoms with Gasteiger partial charge in [-0.1, -0.05) is 60.7 Å². The number of carbonyl (C=O) groups is 3. The number of hydrogen-bond acceptors (Lipinski definition) is 6. The molecule has 2 atom stereocenters. The van der Waals surface area contributed by atoms with Gasteiger partial charge >= 0.3 is 11.9 Å². The summed E-state index contributed by atoms with van der Waals surface area (Å²) in [5.41, 5.74) is 1.59. The number of rotatable bonds is 14. The summed E-state index contributed by atoms with van der Waals surface area (Å²) in [6, 6.07) is 18.2. The largest absolute Gasteiger partial charge is 0.481 e. The van der Waals surface area contributed by atoms with Gasteiger partial charge in [0.2, 0.25) is 7.37 Å². The van der Waals surface area contributed by atoms with E-state index in [0.29, 0.717) is 0 Å². The molecule has 0 aromatic heterocycles. The summed E-state index contributed by atoms with van der Waals surface area (Å²) in [7, 11) is -3.50. The average Bonchev–Trinajstić information content (AvgIpc) is 2.79. The third kappa shape index (κ3) is 9.58. The first-order chi connectivity index (χ1) is 15.3. The third-order valence-corrected chi connectivity index (χ3v) is 7.38. The van der Waals surface area contributed by atoms with Crippen LogP contribution in [0, 0.1) is 5.92 Å². The smallest absolute Gasteiger partial charge is 0.309 e. The van der Waals surface area contributed by atoms with Crippen LogP contribution in [0.3, 0.4) is 0 Å². The Morgan fingerprint density at radius 2 is 1.47 bits per heavy atom. The number of ketones is 1. The minimum atomic E-state index is -3.50. The molecule has 2 aromatic rings. The number of hydrogen-bond donors (Lipinski definition) is 1. The van der Waals surface area contributed by atoms with Crippen molar-refractivity contribution in [3.05, 3.63) is 71.8 Å². The van der Waals surface area contributed by atoms with Crippen LogP contribution in [0.1, 0.15) is 37.3 Å². The fraction of sp³-hybridized carbons (Fsp3) is 0.375. The lowest BCUT2D eigenvalue weighted by atomic mass is 10.0. The molecule has 0 amide bonds. The number of ether oxygens (including phenoxy) is 1. The molecule has 0 aliphatic carbocycles. The Labute approximate surface area is 188 Å². The van der Waals surface area contributed by atoms with Gasteiger partial charge in [0.15, 0.2) is 0 Å². The molecule has 0 heterocycles. The molecule has 2 rings (SSSR count). The minimum Gasteiger partial charge on any atom is -0.481 e. The predicted molar refractivity (Wildman–Crippen MR) is 120 cm³/mol. The van der Waals surface area contributed by atoms with Crippen LogP contribution < -0.4 is 0 Å². The molecular formula is C24H29O7P. The van der Waals surface area contributed by atoms with Gasteiger partial charge in [-0.2, -0.15) is 0 Å². The molecule has 2 aromatic carbocycles. The first-order valence-electron chi connectivity index (χ1n) is 10.5. The summed E-state index contributed by atoms with van der Waals surface area (Å²) < 4.78 is 24.7. The molecule has 0 aliphatic heterocycles. The number of carboxylic acid groups (broad SMARTS) is 1. The van der Waals surface area contributed by atoms with Crippen LogP contribution in [0.15, 0.2) is 60.7 Å². The van der Waals surface area contributed by atoms with Crippen LogP contribution in [0.2, 0.25) is 0 Å². The number of carboxylic acids is 1. The number of aliphatic carboxylic acids is 1. The van der Waals surface area contributed by atoms with Crippen LogP contribution >= 0.6 is 7.37 Å². The normalized spacial score (nSPS) is 13.7. The summed E-state index contributed by atoms with van der Waals surface area (Å²) in [6.45, 7) is 1.51. The van der Waals surface area contributed by atoms with Crippen LogP contribution in [0.25, 0.3) is 0 Å². The maximum atomic E-state index is 13.5. The highest BCUT2D eigenvalue weighted by Gasteiger charge is 2.33. The maximum Gasteiger partial charge on any atom is 0.309 e. The Kier molecular flexibility index (Phi) is 10.3. The van der Waals surface area contributed by atoms with E-state index in [1.807, 2.05) is 60.7 Å². The Hall–Kier alpha value is -2.76. The van der Waals surface area contributed by atoms with E-state index in [9.17, 15) is 18.9 Å². The highest BCUT2D eigenvalue weighted by Crippen LogP contribution is 2.50. The van der Waals surface area contributed by atoms with E-state index in [1.165, 1.54) is 6.92 Å². The van der Waals surface area contributed by atoms with Crippen LogP contribution in [0.5, 0.6) is 0 Å². The maximum absolute atomic E-state index is 13.5. The van der Waals surface area contributed by atoms with Crippen molar-refractivity contribution in [2.45, 2.75) is 39.4 Å². The fourth-order valence-corrected chi connectivity index (χ4v) is 5.42. The molecule has 0 bridgehead atoms. The quantitative estimate of drug-likeness (QED) is 0.322. The van der Waals surface area contributed by atoms with E-state index in [0.717, 1.165) is 11.1 Å². The summed E-state index contributed by atoms with van der Waals surface area (Å²) in [5, 5.41) is 9.08. The van der Waals surface area contributed by atoms with Crippen LogP contribution in [0.4, 0.5) is 0 Å². The van der Waals surface area contributed by atoms with Gasteiger partial charge in [-0.15, -0.1) is 0 Å². The van der Waals surface area contributed by atoms with Gasteiger partial charge in [-0.05, 0) is 24.5 Å². The van der Waals surface area contributed by atoms with Crippen molar-refractivity contribution in [3.8, 4) is 0 Å². The molecule has 0 spiro atoms. The first-order valence-corrected chi connectivity index (χ1v) is 12.5. The molecule has 0 aliphatic rings. The van der Waals surface area contributed by atoms with E-state index in [1.54, 1.807) is 0 Å². The Bertz CT molecular complexity index is 928. The molecule has 1 N–H and O–H groups in total. The second kappa shape index (κ2) is 12.9. The second-order valence-electron chi connectivity index (χ2n) is 7.65. The lowest BCUT2D eigenvalue weighted by Gasteiger charge is -2.23. The van der Waals surface area contributed by atoms with Crippen molar-refractivity contribution in [1.82, 2.24) is 0 Å². The van der Waals surface area contributed by atoms with Crippen molar-refractivity contribution < 1.29 is 33.3 Å². The van der Waals surface area contributed by atoms with Crippen molar-refractivity contribution in [2.24, 2.45) is 5.92 Å². The van der Waals surface area contributed by atoms with Crippen molar-refractivity contribution in [3.63, 3.8) is 0 Å².